The maximum atomic E-state index is 13.1. The van der Waals surface area contributed by atoms with Crippen molar-refractivity contribution in [1.82, 2.24) is 0 Å². The average Bonchev–Trinajstić information content (AvgIpc) is 3.37. The lowest BCUT2D eigenvalue weighted by Crippen LogP contribution is -3.00. The monoisotopic (exact) mass is 518 g/mol. The molecule has 0 bridgehead atoms. The summed E-state index contributed by atoms with van der Waals surface area (Å²) in [5.74, 6) is 0.993. The quantitative estimate of drug-likeness (QED) is 0.161. The van der Waals surface area contributed by atoms with Crippen LogP contribution in [0.5, 0.6) is 0 Å². The first kappa shape index (κ1) is 26.8. The van der Waals surface area contributed by atoms with Crippen molar-refractivity contribution < 1.29 is 41.1 Å². The van der Waals surface area contributed by atoms with E-state index in [1.54, 1.807) is 7.11 Å². The maximum Gasteiger partial charge on any atom is 0.134 e. The Morgan fingerprint density at radius 3 is 2.61 bits per heavy atom. The highest BCUT2D eigenvalue weighted by atomic mass is 79.9. The number of ether oxygens (including phenoxy) is 2. The first-order valence-electron chi connectivity index (χ1n) is 10.8. The Bertz CT molecular complexity index is 742. The molecule has 176 valence electrons. The summed E-state index contributed by atoms with van der Waals surface area (Å²) < 4.78 is 24.9. The minimum Gasteiger partial charge on any atom is -1.00 e. The van der Waals surface area contributed by atoms with Crippen LogP contribution in [0.3, 0.4) is 0 Å². The van der Waals surface area contributed by atoms with Crippen molar-refractivity contribution in [1.29, 1.82) is 0 Å². The van der Waals surface area contributed by atoms with Crippen LogP contribution in [0.4, 0.5) is 4.39 Å². The second-order valence-electron chi connectivity index (χ2n) is 9.18. The number of epoxide rings is 1. The summed E-state index contributed by atoms with van der Waals surface area (Å²) in [5, 5.41) is 22.3. The van der Waals surface area contributed by atoms with Gasteiger partial charge in [0, 0.05) is 13.5 Å². The van der Waals surface area contributed by atoms with Crippen molar-refractivity contribution in [2.24, 2.45) is 5.92 Å². The van der Waals surface area contributed by atoms with E-state index >= 15 is 0 Å². The zero-order chi connectivity index (χ0) is 21.9. The van der Waals surface area contributed by atoms with E-state index in [9.17, 15) is 14.6 Å². The fourth-order valence-electron chi connectivity index (χ4n) is 4.88. The van der Waals surface area contributed by atoms with Gasteiger partial charge >= 0.3 is 0 Å². The Morgan fingerprint density at radius 2 is 2.00 bits per heavy atom. The number of halogens is 2. The Labute approximate surface area is 200 Å². The van der Waals surface area contributed by atoms with Gasteiger partial charge in [0.1, 0.15) is 28.5 Å². The van der Waals surface area contributed by atoms with Gasteiger partial charge in [-0.05, 0) is 69.5 Å². The van der Waals surface area contributed by atoms with Crippen molar-refractivity contribution in [3.8, 4) is 0 Å². The van der Waals surface area contributed by atoms with Crippen molar-refractivity contribution >= 4 is 11.8 Å². The highest BCUT2D eigenvalue weighted by Crippen LogP contribution is 2.54. The van der Waals surface area contributed by atoms with Crippen molar-refractivity contribution in [3.63, 3.8) is 0 Å². The largest absolute Gasteiger partial charge is 1.00 e. The van der Waals surface area contributed by atoms with E-state index in [-0.39, 0.29) is 34.8 Å². The van der Waals surface area contributed by atoms with Gasteiger partial charge in [-0.25, -0.2) is 4.39 Å². The number of benzene rings is 1. The molecule has 1 aromatic carbocycles. The lowest BCUT2D eigenvalue weighted by molar-refractivity contribution is -0.169. The minimum absolute atomic E-state index is 0. The third kappa shape index (κ3) is 6.33. The van der Waals surface area contributed by atoms with Crippen LogP contribution in [0.1, 0.15) is 45.6 Å². The number of hydrogen-bond donors (Lipinski definition) is 2. The van der Waals surface area contributed by atoms with Crippen LogP contribution in [-0.2, 0) is 27.7 Å². The van der Waals surface area contributed by atoms with E-state index in [4.69, 9.17) is 9.47 Å². The summed E-state index contributed by atoms with van der Waals surface area (Å²) in [6, 6.07) is 6.60. The molecule has 2 fully saturated rings. The molecule has 3 rings (SSSR count). The van der Waals surface area contributed by atoms with Gasteiger partial charge in [0.05, 0.1) is 24.2 Å². The maximum absolute atomic E-state index is 13.1. The molecule has 0 radical (unpaired) electrons. The predicted octanol–water partition coefficient (Wildman–Crippen LogP) is 0.218. The Morgan fingerprint density at radius 1 is 1.32 bits per heavy atom. The second kappa shape index (κ2) is 11.1. The third-order valence-corrected chi connectivity index (χ3v) is 7.94. The predicted molar refractivity (Wildman–Crippen MR) is 120 cm³/mol. The van der Waals surface area contributed by atoms with Crippen molar-refractivity contribution in [2.75, 3.05) is 18.6 Å². The van der Waals surface area contributed by atoms with Crippen LogP contribution in [0, 0.1) is 11.7 Å². The number of aliphatic hydroxyl groups excluding tert-OH is 1. The van der Waals surface area contributed by atoms with E-state index in [1.807, 2.05) is 19.1 Å². The highest BCUT2D eigenvalue weighted by Gasteiger charge is 2.67. The van der Waals surface area contributed by atoms with Crippen LogP contribution in [0.25, 0.3) is 0 Å². The lowest BCUT2D eigenvalue weighted by atomic mass is 9.66. The molecule has 1 aliphatic heterocycles. The molecule has 1 saturated heterocycles. The van der Waals surface area contributed by atoms with Crippen LogP contribution in [0.2, 0.25) is 0 Å². The molecule has 0 spiro atoms. The van der Waals surface area contributed by atoms with Gasteiger partial charge in [-0.1, -0.05) is 23.8 Å². The van der Waals surface area contributed by atoms with E-state index in [0.29, 0.717) is 18.6 Å². The molecule has 7 heteroatoms. The second-order valence-corrected chi connectivity index (χ2v) is 10.4. The van der Waals surface area contributed by atoms with Crippen LogP contribution >= 0.6 is 0 Å². The molecule has 31 heavy (non-hydrogen) atoms. The smallest absolute Gasteiger partial charge is 0.134 e. The standard InChI is InChI=1S/C24H35FO4S.BrH/c1-16(2)5-10-20-23(3,29-20)22-21(28-4)19(26)11-13-24(22,27)15-30-14-12-17-6-8-18(25)9-7-17;/h5-9,19-22,26-27H,10-15H2,1-4H3;1H. The molecule has 0 aromatic heterocycles. The minimum atomic E-state index is -0.946. The topological polar surface area (TPSA) is 62.2 Å². The number of aryl methyl sites for hydroxylation is 1. The summed E-state index contributed by atoms with van der Waals surface area (Å²) in [6.45, 7) is 6.18. The summed E-state index contributed by atoms with van der Waals surface area (Å²) >= 11 is 1.13. The highest BCUT2D eigenvalue weighted by molar-refractivity contribution is 7.78. The summed E-state index contributed by atoms with van der Waals surface area (Å²) in [7, 11) is 1.61. The van der Waals surface area contributed by atoms with E-state index in [1.165, 1.54) is 17.7 Å². The molecule has 1 heterocycles. The summed E-state index contributed by atoms with van der Waals surface area (Å²) in [4.78, 5) is 0. The summed E-state index contributed by atoms with van der Waals surface area (Å²) in [6.07, 6.45) is 3.86. The van der Waals surface area contributed by atoms with Gasteiger partial charge in [0.15, 0.2) is 0 Å². The molecule has 0 amide bonds. The Hall–Kier alpha value is -0.440. The molecule has 6 atom stereocenters. The van der Waals surface area contributed by atoms with Gasteiger partial charge in [0.2, 0.25) is 0 Å². The fourth-order valence-corrected chi connectivity index (χ4v) is 6.20. The van der Waals surface area contributed by atoms with Crippen LogP contribution in [-0.4, -0.2) is 58.3 Å². The van der Waals surface area contributed by atoms with Crippen molar-refractivity contribution in [2.45, 2.75) is 76.0 Å². The molecule has 6 unspecified atom stereocenters. The number of hydrogen-bond acceptors (Lipinski definition) is 4. The van der Waals surface area contributed by atoms with Crippen LogP contribution < -0.4 is 17.0 Å². The Kier molecular flexibility index (Phi) is 9.62. The molecule has 1 aliphatic carbocycles. The molecule has 4 nitrogen and oxygen atoms in total. The summed E-state index contributed by atoms with van der Waals surface area (Å²) in [5.41, 5.74) is 0.892. The zero-order valence-electron chi connectivity index (χ0n) is 18.9. The number of allylic oxidation sites excluding steroid dienone is 1. The number of methoxy groups -OCH3 is 1. The SMILES string of the molecule is COC1C(O)CCC(O)(C[SH+]CCc2ccc(F)cc2)C1C1(C)OC1CC=C(C)C.[Br-]. The van der Waals surface area contributed by atoms with Gasteiger partial charge in [0.25, 0.3) is 0 Å². The Balaban J connectivity index is 0.00000341. The van der Waals surface area contributed by atoms with Crippen LogP contribution in [0.15, 0.2) is 35.9 Å². The zero-order valence-corrected chi connectivity index (χ0v) is 21.3. The van der Waals surface area contributed by atoms with Gasteiger partial charge in [-0.2, -0.15) is 0 Å². The average molecular weight is 520 g/mol. The molecule has 2 aliphatic rings. The number of aliphatic hydroxyl groups is 2. The first-order valence-corrected chi connectivity index (χ1v) is 12.1. The first-order chi connectivity index (χ1) is 14.2. The normalized spacial score (nSPS) is 34.7. The molecule has 1 aromatic rings. The molecule has 2 N–H and O–H groups in total. The van der Waals surface area contributed by atoms with Gasteiger partial charge in [-0.3, -0.25) is 0 Å². The molecular weight excluding hydrogens is 483 g/mol. The van der Waals surface area contributed by atoms with E-state index in [2.05, 4.69) is 19.9 Å². The fraction of sp³-hybridized carbons (Fsp3) is 0.667. The van der Waals surface area contributed by atoms with Gasteiger partial charge < -0.3 is 36.7 Å². The van der Waals surface area contributed by atoms with E-state index in [0.717, 1.165) is 35.9 Å². The number of thiol groups is 1. The van der Waals surface area contributed by atoms with E-state index < -0.39 is 23.4 Å². The van der Waals surface area contributed by atoms with Crippen molar-refractivity contribution in [3.05, 3.63) is 47.3 Å². The third-order valence-electron chi connectivity index (χ3n) is 6.63. The number of rotatable bonds is 9. The molecular formula is C24H36BrFO4S. The molecule has 1 saturated carbocycles. The lowest BCUT2D eigenvalue weighted by Gasteiger charge is -2.46. The van der Waals surface area contributed by atoms with Gasteiger partial charge in [-0.15, -0.1) is 0 Å².